The fourth-order valence-electron chi connectivity index (χ4n) is 2.50. The number of aliphatic hydroxyl groups is 1. The zero-order chi connectivity index (χ0) is 12.3. The molecule has 1 aromatic carbocycles. The van der Waals surface area contributed by atoms with E-state index in [4.69, 9.17) is 10.8 Å². The van der Waals surface area contributed by atoms with Gasteiger partial charge in [-0.05, 0) is 42.5 Å². The van der Waals surface area contributed by atoms with Crippen LogP contribution in [0.2, 0.25) is 0 Å². The van der Waals surface area contributed by atoms with Crippen molar-refractivity contribution in [2.45, 2.75) is 19.4 Å². The maximum absolute atomic E-state index is 13.1. The number of halogens is 1. The van der Waals surface area contributed by atoms with Gasteiger partial charge in [-0.2, -0.15) is 0 Å². The summed E-state index contributed by atoms with van der Waals surface area (Å²) in [6.45, 7) is 2.49. The van der Waals surface area contributed by atoms with Crippen molar-refractivity contribution in [3.8, 4) is 0 Å². The third-order valence-electron chi connectivity index (χ3n) is 3.43. The van der Waals surface area contributed by atoms with E-state index in [1.54, 1.807) is 6.07 Å². The molecule has 0 radical (unpaired) electrons. The van der Waals surface area contributed by atoms with Crippen LogP contribution in [-0.2, 0) is 6.54 Å². The van der Waals surface area contributed by atoms with Crippen molar-refractivity contribution in [2.24, 2.45) is 11.7 Å². The summed E-state index contributed by atoms with van der Waals surface area (Å²) >= 11 is 0. The van der Waals surface area contributed by atoms with Gasteiger partial charge in [0.1, 0.15) is 5.82 Å². The highest BCUT2D eigenvalue weighted by Crippen LogP contribution is 2.28. The molecule has 0 aliphatic carbocycles. The molecule has 1 aliphatic rings. The van der Waals surface area contributed by atoms with Gasteiger partial charge in [0.2, 0.25) is 0 Å². The van der Waals surface area contributed by atoms with Crippen molar-refractivity contribution in [1.82, 2.24) is 0 Å². The predicted octanol–water partition coefficient (Wildman–Crippen LogP) is 1.49. The lowest BCUT2D eigenvalue weighted by atomic mass is 10.1. The first kappa shape index (κ1) is 12.3. The van der Waals surface area contributed by atoms with Crippen molar-refractivity contribution < 1.29 is 9.50 Å². The summed E-state index contributed by atoms with van der Waals surface area (Å²) in [7, 11) is 0. The molecule has 0 saturated carbocycles. The second-order valence-corrected chi connectivity index (χ2v) is 4.59. The third-order valence-corrected chi connectivity index (χ3v) is 3.43. The minimum Gasteiger partial charge on any atom is -0.396 e. The number of anilines is 1. The number of nitrogens with two attached hydrogens (primary N) is 1. The van der Waals surface area contributed by atoms with E-state index in [2.05, 4.69) is 4.90 Å². The van der Waals surface area contributed by atoms with E-state index < -0.39 is 0 Å². The first-order valence-corrected chi connectivity index (χ1v) is 6.09. The topological polar surface area (TPSA) is 49.5 Å². The van der Waals surface area contributed by atoms with E-state index in [1.807, 2.05) is 0 Å². The zero-order valence-corrected chi connectivity index (χ0v) is 9.90. The summed E-state index contributed by atoms with van der Waals surface area (Å²) in [5.41, 5.74) is 7.54. The average molecular weight is 238 g/mol. The molecule has 1 saturated heterocycles. The van der Waals surface area contributed by atoms with Gasteiger partial charge in [0.25, 0.3) is 0 Å². The number of benzene rings is 1. The largest absolute Gasteiger partial charge is 0.396 e. The molecule has 0 bridgehead atoms. The van der Waals surface area contributed by atoms with Gasteiger partial charge in [-0.1, -0.05) is 0 Å². The molecule has 94 valence electrons. The Morgan fingerprint density at radius 3 is 3.00 bits per heavy atom. The van der Waals surface area contributed by atoms with Gasteiger partial charge in [-0.15, -0.1) is 0 Å². The Morgan fingerprint density at radius 1 is 1.47 bits per heavy atom. The molecule has 1 aliphatic heterocycles. The van der Waals surface area contributed by atoms with Crippen LogP contribution in [0.1, 0.15) is 18.4 Å². The van der Waals surface area contributed by atoms with Crippen molar-refractivity contribution >= 4 is 5.69 Å². The minimum atomic E-state index is -0.236. The molecule has 0 amide bonds. The second-order valence-electron chi connectivity index (χ2n) is 4.59. The van der Waals surface area contributed by atoms with Crippen LogP contribution < -0.4 is 10.6 Å². The van der Waals surface area contributed by atoms with Crippen LogP contribution in [0.5, 0.6) is 0 Å². The van der Waals surface area contributed by atoms with Crippen LogP contribution in [0.15, 0.2) is 18.2 Å². The van der Waals surface area contributed by atoms with Gasteiger partial charge in [0.05, 0.1) is 0 Å². The van der Waals surface area contributed by atoms with E-state index in [9.17, 15) is 4.39 Å². The summed E-state index contributed by atoms with van der Waals surface area (Å²) in [5.74, 6) is 0.302. The van der Waals surface area contributed by atoms with Crippen LogP contribution >= 0.6 is 0 Å². The van der Waals surface area contributed by atoms with E-state index in [1.165, 1.54) is 12.1 Å². The minimum absolute atomic E-state index is 0.236. The van der Waals surface area contributed by atoms with E-state index >= 15 is 0 Å². The van der Waals surface area contributed by atoms with Crippen LogP contribution in [0.4, 0.5) is 10.1 Å². The van der Waals surface area contributed by atoms with Gasteiger partial charge in [-0.3, -0.25) is 0 Å². The molecule has 1 unspecified atom stereocenters. The highest BCUT2D eigenvalue weighted by Gasteiger charge is 2.23. The van der Waals surface area contributed by atoms with Crippen molar-refractivity contribution in [2.75, 3.05) is 24.6 Å². The molecule has 0 aromatic heterocycles. The van der Waals surface area contributed by atoms with Crippen LogP contribution in [0, 0.1) is 11.7 Å². The van der Waals surface area contributed by atoms with Crippen molar-refractivity contribution in [3.05, 3.63) is 29.6 Å². The zero-order valence-electron chi connectivity index (χ0n) is 9.90. The Kier molecular flexibility index (Phi) is 3.97. The molecule has 1 aromatic rings. The molecule has 1 fully saturated rings. The number of rotatable bonds is 4. The second kappa shape index (κ2) is 5.47. The Morgan fingerprint density at radius 2 is 2.29 bits per heavy atom. The molecule has 17 heavy (non-hydrogen) atoms. The first-order chi connectivity index (χ1) is 8.24. The summed E-state index contributed by atoms with van der Waals surface area (Å²) in [4.78, 5) is 2.24. The van der Waals surface area contributed by atoms with Gasteiger partial charge < -0.3 is 15.7 Å². The quantitative estimate of drug-likeness (QED) is 0.835. The summed E-state index contributed by atoms with van der Waals surface area (Å²) in [6.07, 6.45) is 1.93. The van der Waals surface area contributed by atoms with E-state index in [-0.39, 0.29) is 12.4 Å². The first-order valence-electron chi connectivity index (χ1n) is 6.09. The fraction of sp³-hybridized carbons (Fsp3) is 0.538. The molecule has 1 heterocycles. The van der Waals surface area contributed by atoms with Crippen LogP contribution in [-0.4, -0.2) is 24.8 Å². The standard InChI is InChI=1S/C13H19FN2O/c14-12-1-2-13(11(7-12)8-15)16-5-3-10(9-16)4-6-17/h1-2,7,10,17H,3-6,8-9,15H2. The Balaban J connectivity index is 2.12. The Labute approximate surface area is 101 Å². The average Bonchev–Trinajstić information content (AvgIpc) is 2.78. The SMILES string of the molecule is NCc1cc(F)ccc1N1CCC(CCO)C1. The number of hydrogen-bond donors (Lipinski definition) is 2. The molecule has 1 atom stereocenters. The van der Waals surface area contributed by atoms with Crippen LogP contribution in [0.25, 0.3) is 0 Å². The lowest BCUT2D eigenvalue weighted by Gasteiger charge is -2.21. The third kappa shape index (κ3) is 2.76. The molecule has 0 spiro atoms. The van der Waals surface area contributed by atoms with E-state index in [0.717, 1.165) is 37.2 Å². The highest BCUT2D eigenvalue weighted by atomic mass is 19.1. The lowest BCUT2D eigenvalue weighted by molar-refractivity contribution is 0.263. The maximum atomic E-state index is 13.1. The molecular weight excluding hydrogens is 219 g/mol. The highest BCUT2D eigenvalue weighted by molar-refractivity contribution is 5.54. The summed E-state index contributed by atoms with van der Waals surface area (Å²) in [5, 5.41) is 8.93. The van der Waals surface area contributed by atoms with Crippen molar-refractivity contribution in [1.29, 1.82) is 0 Å². The van der Waals surface area contributed by atoms with Gasteiger partial charge in [0, 0.05) is 31.9 Å². The predicted molar refractivity (Wildman–Crippen MR) is 66.3 cm³/mol. The maximum Gasteiger partial charge on any atom is 0.123 e. The molecule has 2 rings (SSSR count). The van der Waals surface area contributed by atoms with Gasteiger partial charge >= 0.3 is 0 Å². The summed E-state index contributed by atoms with van der Waals surface area (Å²) in [6, 6.07) is 4.79. The molecule has 3 nitrogen and oxygen atoms in total. The number of aliphatic hydroxyl groups excluding tert-OH is 1. The monoisotopic (exact) mass is 238 g/mol. The number of hydrogen-bond acceptors (Lipinski definition) is 3. The van der Waals surface area contributed by atoms with Crippen molar-refractivity contribution in [3.63, 3.8) is 0 Å². The molecular formula is C13H19FN2O. The van der Waals surface area contributed by atoms with Gasteiger partial charge in [0.15, 0.2) is 0 Å². The Hall–Kier alpha value is -1.13. The molecule has 4 heteroatoms. The lowest BCUT2D eigenvalue weighted by Crippen LogP contribution is -2.22. The Bertz CT molecular complexity index is 384. The number of nitrogens with zero attached hydrogens (tertiary/aromatic N) is 1. The fourth-order valence-corrected chi connectivity index (χ4v) is 2.50. The normalized spacial score (nSPS) is 19.9. The van der Waals surface area contributed by atoms with Crippen LogP contribution in [0.3, 0.4) is 0 Å². The van der Waals surface area contributed by atoms with Gasteiger partial charge in [-0.25, -0.2) is 4.39 Å². The smallest absolute Gasteiger partial charge is 0.123 e. The van der Waals surface area contributed by atoms with E-state index in [0.29, 0.717) is 12.5 Å². The molecule has 3 N–H and O–H groups in total. The summed E-state index contributed by atoms with van der Waals surface area (Å²) < 4.78 is 13.1.